The highest BCUT2D eigenvalue weighted by molar-refractivity contribution is 6.32. The largest absolute Gasteiger partial charge is 0.495 e. The van der Waals surface area contributed by atoms with E-state index in [1.54, 1.807) is 43.3 Å². The molecule has 2 N–H and O–H groups in total. The Morgan fingerprint density at radius 1 is 1.08 bits per heavy atom. The van der Waals surface area contributed by atoms with Gasteiger partial charge in [-0.25, -0.2) is 0 Å². The fourth-order valence-electron chi connectivity index (χ4n) is 2.09. The molecule has 2 aromatic carbocycles. The van der Waals surface area contributed by atoms with Gasteiger partial charge in [-0.3, -0.25) is 4.79 Å². The highest BCUT2D eigenvalue weighted by Gasteiger charge is 2.17. The first-order valence-corrected chi connectivity index (χ1v) is 7.94. The monoisotopic (exact) mass is 368 g/mol. The van der Waals surface area contributed by atoms with Gasteiger partial charge in [-0.2, -0.15) is 0 Å². The SMILES string of the molecule is COc1cc(OC)c(N[C@H](C)C(=O)Nc2cccc(Cl)c2)cc1Cl. The first-order valence-electron chi connectivity index (χ1n) is 7.19. The number of carbonyl (C=O) groups is 1. The molecule has 0 fully saturated rings. The number of amides is 1. The number of methoxy groups -OCH3 is 2. The lowest BCUT2D eigenvalue weighted by Crippen LogP contribution is -2.32. The second kappa shape index (κ2) is 8.13. The maximum atomic E-state index is 12.3. The van der Waals surface area contributed by atoms with Crippen LogP contribution in [0.15, 0.2) is 36.4 Å². The molecular weight excluding hydrogens is 351 g/mol. The zero-order valence-corrected chi connectivity index (χ0v) is 15.0. The van der Waals surface area contributed by atoms with Crippen LogP contribution in [0.4, 0.5) is 11.4 Å². The predicted molar refractivity (Wildman–Crippen MR) is 97.7 cm³/mol. The average molecular weight is 369 g/mol. The highest BCUT2D eigenvalue weighted by atomic mass is 35.5. The highest BCUT2D eigenvalue weighted by Crippen LogP contribution is 2.36. The van der Waals surface area contributed by atoms with Crippen LogP contribution in [0.25, 0.3) is 0 Å². The van der Waals surface area contributed by atoms with E-state index in [1.165, 1.54) is 14.2 Å². The molecular formula is C17H18Cl2N2O3. The first kappa shape index (κ1) is 18.2. The van der Waals surface area contributed by atoms with Crippen molar-refractivity contribution in [3.05, 3.63) is 46.4 Å². The van der Waals surface area contributed by atoms with Crippen LogP contribution < -0.4 is 20.1 Å². The van der Waals surface area contributed by atoms with Crippen molar-refractivity contribution in [1.29, 1.82) is 0 Å². The van der Waals surface area contributed by atoms with Crippen LogP contribution in [0.3, 0.4) is 0 Å². The standard InChI is InChI=1S/C17H18Cl2N2O3/c1-10(17(22)21-12-6-4-5-11(18)7-12)20-14-8-13(19)15(23-2)9-16(14)24-3/h4-10,20H,1-3H3,(H,21,22)/t10-/m1/s1. The Hall–Kier alpha value is -2.11. The molecule has 0 aliphatic rings. The minimum absolute atomic E-state index is 0.216. The summed E-state index contributed by atoms with van der Waals surface area (Å²) in [5, 5.41) is 6.84. The number of carbonyl (C=O) groups excluding carboxylic acids is 1. The molecule has 0 spiro atoms. The van der Waals surface area contributed by atoms with Crippen LogP contribution in [0.5, 0.6) is 11.5 Å². The fourth-order valence-corrected chi connectivity index (χ4v) is 2.52. The summed E-state index contributed by atoms with van der Waals surface area (Å²) in [5.41, 5.74) is 1.22. The lowest BCUT2D eigenvalue weighted by atomic mass is 10.2. The number of benzene rings is 2. The molecule has 0 bridgehead atoms. The summed E-state index contributed by atoms with van der Waals surface area (Å²) in [7, 11) is 3.05. The number of anilines is 2. The van der Waals surface area contributed by atoms with Gasteiger partial charge in [0.2, 0.25) is 5.91 Å². The van der Waals surface area contributed by atoms with Gasteiger partial charge in [0.25, 0.3) is 0 Å². The third-order valence-corrected chi connectivity index (χ3v) is 3.86. The average Bonchev–Trinajstić information content (AvgIpc) is 2.55. The molecule has 0 heterocycles. The summed E-state index contributed by atoms with van der Waals surface area (Å²) in [6.45, 7) is 1.73. The van der Waals surface area contributed by atoms with Gasteiger partial charge in [0.15, 0.2) is 0 Å². The Labute approximate surface area is 150 Å². The molecule has 5 nitrogen and oxygen atoms in total. The fraction of sp³-hybridized carbons (Fsp3) is 0.235. The predicted octanol–water partition coefficient (Wildman–Crippen LogP) is 4.45. The van der Waals surface area contributed by atoms with Crippen LogP contribution in [0.2, 0.25) is 10.0 Å². The second-order valence-corrected chi connectivity index (χ2v) is 5.90. The third-order valence-electron chi connectivity index (χ3n) is 3.33. The molecule has 1 amide bonds. The van der Waals surface area contributed by atoms with Crippen molar-refractivity contribution < 1.29 is 14.3 Å². The molecule has 128 valence electrons. The minimum atomic E-state index is -0.526. The molecule has 0 radical (unpaired) electrons. The maximum absolute atomic E-state index is 12.3. The minimum Gasteiger partial charge on any atom is -0.495 e. The molecule has 0 aliphatic carbocycles. The molecule has 24 heavy (non-hydrogen) atoms. The zero-order valence-electron chi connectivity index (χ0n) is 13.5. The van der Waals surface area contributed by atoms with Gasteiger partial charge in [-0.05, 0) is 31.2 Å². The first-order chi connectivity index (χ1) is 11.4. The van der Waals surface area contributed by atoms with Crippen molar-refractivity contribution in [3.63, 3.8) is 0 Å². The van der Waals surface area contributed by atoms with Crippen molar-refractivity contribution in [2.24, 2.45) is 0 Å². The van der Waals surface area contributed by atoms with E-state index in [0.717, 1.165) is 0 Å². The summed E-state index contributed by atoms with van der Waals surface area (Å²) in [6, 6.07) is 9.74. The second-order valence-electron chi connectivity index (χ2n) is 5.05. The van der Waals surface area contributed by atoms with Crippen molar-refractivity contribution in [3.8, 4) is 11.5 Å². The van der Waals surface area contributed by atoms with Crippen molar-refractivity contribution in [2.75, 3.05) is 24.9 Å². The number of hydrogen-bond acceptors (Lipinski definition) is 4. The van der Waals surface area contributed by atoms with Gasteiger partial charge in [-0.1, -0.05) is 29.3 Å². The Kier molecular flexibility index (Phi) is 6.17. The number of hydrogen-bond donors (Lipinski definition) is 2. The number of nitrogens with one attached hydrogen (secondary N) is 2. The van der Waals surface area contributed by atoms with Gasteiger partial charge in [0, 0.05) is 16.8 Å². The molecule has 1 atom stereocenters. The molecule has 0 unspecified atom stereocenters. The number of rotatable bonds is 6. The lowest BCUT2D eigenvalue weighted by molar-refractivity contribution is -0.116. The summed E-state index contributed by atoms with van der Waals surface area (Å²) in [6.07, 6.45) is 0. The smallest absolute Gasteiger partial charge is 0.246 e. The van der Waals surface area contributed by atoms with Gasteiger partial charge >= 0.3 is 0 Å². The van der Waals surface area contributed by atoms with Gasteiger partial charge < -0.3 is 20.1 Å². The summed E-state index contributed by atoms with van der Waals surface area (Å²) >= 11 is 12.0. The van der Waals surface area contributed by atoms with E-state index in [4.69, 9.17) is 32.7 Å². The number of halogens is 2. The van der Waals surface area contributed by atoms with E-state index in [1.807, 2.05) is 0 Å². The molecule has 2 rings (SSSR count). The molecule has 0 saturated heterocycles. The summed E-state index contributed by atoms with van der Waals surface area (Å²) in [5.74, 6) is 0.806. The molecule has 2 aromatic rings. The normalized spacial score (nSPS) is 11.5. The Morgan fingerprint density at radius 2 is 1.79 bits per heavy atom. The van der Waals surface area contributed by atoms with E-state index in [0.29, 0.717) is 32.9 Å². The van der Waals surface area contributed by atoms with Crippen molar-refractivity contribution in [1.82, 2.24) is 0 Å². The van der Waals surface area contributed by atoms with Crippen molar-refractivity contribution in [2.45, 2.75) is 13.0 Å². The Bertz CT molecular complexity index is 738. The van der Waals surface area contributed by atoms with Gasteiger partial charge in [0.1, 0.15) is 17.5 Å². The number of ether oxygens (including phenoxy) is 2. The summed E-state index contributed by atoms with van der Waals surface area (Å²) < 4.78 is 10.5. The lowest BCUT2D eigenvalue weighted by Gasteiger charge is -2.18. The zero-order chi connectivity index (χ0) is 17.7. The van der Waals surface area contributed by atoms with Gasteiger partial charge in [0.05, 0.1) is 24.9 Å². The van der Waals surface area contributed by atoms with Crippen LogP contribution in [-0.4, -0.2) is 26.2 Å². The molecule has 0 aromatic heterocycles. The topological polar surface area (TPSA) is 59.6 Å². The Balaban J connectivity index is 2.12. The van der Waals surface area contributed by atoms with E-state index in [9.17, 15) is 4.79 Å². The molecule has 0 saturated carbocycles. The maximum Gasteiger partial charge on any atom is 0.246 e. The quantitative estimate of drug-likeness (QED) is 0.790. The van der Waals surface area contributed by atoms with Gasteiger partial charge in [-0.15, -0.1) is 0 Å². The molecule has 0 aliphatic heterocycles. The Morgan fingerprint density at radius 3 is 2.42 bits per heavy atom. The van der Waals surface area contributed by atoms with Crippen LogP contribution >= 0.6 is 23.2 Å². The third kappa shape index (κ3) is 4.46. The summed E-state index contributed by atoms with van der Waals surface area (Å²) in [4.78, 5) is 12.3. The van der Waals surface area contributed by atoms with E-state index < -0.39 is 6.04 Å². The van der Waals surface area contributed by atoms with Crippen molar-refractivity contribution >= 4 is 40.5 Å². The van der Waals surface area contributed by atoms with E-state index >= 15 is 0 Å². The van der Waals surface area contributed by atoms with E-state index in [2.05, 4.69) is 10.6 Å². The molecule has 7 heteroatoms. The van der Waals surface area contributed by atoms with Crippen LogP contribution in [-0.2, 0) is 4.79 Å². The van der Waals surface area contributed by atoms with Crippen LogP contribution in [0.1, 0.15) is 6.92 Å². The van der Waals surface area contributed by atoms with E-state index in [-0.39, 0.29) is 5.91 Å². The van der Waals surface area contributed by atoms with Crippen LogP contribution in [0, 0.1) is 0 Å².